The molecule has 1 atom stereocenters. The van der Waals surface area contributed by atoms with Crippen LogP contribution in [0.2, 0.25) is 5.02 Å². The van der Waals surface area contributed by atoms with Crippen LogP contribution in [0.25, 0.3) is 22.2 Å². The van der Waals surface area contributed by atoms with Gasteiger partial charge in [0.05, 0.1) is 37.2 Å². The Kier molecular flexibility index (Phi) is 6.24. The predicted octanol–water partition coefficient (Wildman–Crippen LogP) is 7.38. The molecule has 1 unspecified atom stereocenters. The molecule has 0 fully saturated rings. The second kappa shape index (κ2) is 9.84. The van der Waals surface area contributed by atoms with Crippen LogP contribution in [0, 0.1) is 0 Å². The number of hydrazone groups is 1. The highest BCUT2D eigenvalue weighted by Gasteiger charge is 2.34. The molecule has 37 heavy (non-hydrogen) atoms. The Morgan fingerprint density at radius 3 is 2.51 bits per heavy atom. The monoisotopic (exact) mass is 526 g/mol. The number of halogens is 1. The lowest BCUT2D eigenvalue weighted by Crippen LogP contribution is -2.20. The summed E-state index contributed by atoms with van der Waals surface area (Å²) >= 11 is 7.87. The van der Waals surface area contributed by atoms with Gasteiger partial charge in [0.25, 0.3) is 0 Å². The summed E-state index contributed by atoms with van der Waals surface area (Å²) in [5.41, 5.74) is 4.49. The van der Waals surface area contributed by atoms with Crippen molar-refractivity contribution in [3.63, 3.8) is 0 Å². The normalized spacial score (nSPS) is 15.2. The third kappa shape index (κ3) is 4.41. The van der Waals surface area contributed by atoms with Gasteiger partial charge in [-0.3, -0.25) is 0 Å². The van der Waals surface area contributed by atoms with Gasteiger partial charge < -0.3 is 9.47 Å². The molecule has 3 heterocycles. The van der Waals surface area contributed by atoms with Gasteiger partial charge in [-0.15, -0.1) is 11.3 Å². The van der Waals surface area contributed by atoms with Crippen LogP contribution in [0.15, 0.2) is 89.3 Å². The SMILES string of the molecule is COc1ccc(C2=NN(c3nc(-c4ccc(Cl)cc4)c4ccccc4n3)C(c3cccs3)C2)c(OC)c1. The van der Waals surface area contributed by atoms with Crippen LogP contribution in [0.5, 0.6) is 11.5 Å². The number of anilines is 1. The molecule has 0 bridgehead atoms. The Balaban J connectivity index is 1.51. The first kappa shape index (κ1) is 23.5. The first-order valence-corrected chi connectivity index (χ1v) is 13.1. The average molecular weight is 527 g/mol. The molecule has 0 saturated heterocycles. The summed E-state index contributed by atoms with van der Waals surface area (Å²) in [6.45, 7) is 0. The zero-order valence-corrected chi connectivity index (χ0v) is 21.8. The molecule has 0 aliphatic carbocycles. The van der Waals surface area contributed by atoms with E-state index in [9.17, 15) is 0 Å². The lowest BCUT2D eigenvalue weighted by Gasteiger charge is -2.21. The third-order valence-electron chi connectivity index (χ3n) is 6.42. The van der Waals surface area contributed by atoms with Crippen LogP contribution in [0.1, 0.15) is 22.9 Å². The number of methoxy groups -OCH3 is 2. The van der Waals surface area contributed by atoms with Crippen molar-refractivity contribution in [2.24, 2.45) is 5.10 Å². The van der Waals surface area contributed by atoms with E-state index in [0.717, 1.165) is 39.2 Å². The predicted molar refractivity (Wildman–Crippen MR) is 150 cm³/mol. The maximum absolute atomic E-state index is 6.17. The molecule has 8 heteroatoms. The average Bonchev–Trinajstić information content (AvgIpc) is 3.63. The van der Waals surface area contributed by atoms with E-state index in [1.54, 1.807) is 25.6 Å². The van der Waals surface area contributed by atoms with Gasteiger partial charge in [0.1, 0.15) is 11.5 Å². The summed E-state index contributed by atoms with van der Waals surface area (Å²) in [6.07, 6.45) is 0.690. The summed E-state index contributed by atoms with van der Waals surface area (Å²) in [7, 11) is 3.30. The molecule has 1 aliphatic heterocycles. The fourth-order valence-corrected chi connectivity index (χ4v) is 5.53. The van der Waals surface area contributed by atoms with Crippen LogP contribution in [-0.2, 0) is 0 Å². The lowest BCUT2D eigenvalue weighted by molar-refractivity contribution is 0.394. The minimum absolute atomic E-state index is 0.0407. The van der Waals surface area contributed by atoms with E-state index >= 15 is 0 Å². The first-order chi connectivity index (χ1) is 18.1. The summed E-state index contributed by atoms with van der Waals surface area (Å²) in [5.74, 6) is 1.99. The minimum Gasteiger partial charge on any atom is -0.497 e. The van der Waals surface area contributed by atoms with Crippen molar-refractivity contribution < 1.29 is 9.47 Å². The van der Waals surface area contributed by atoms with Gasteiger partial charge >= 0.3 is 0 Å². The zero-order chi connectivity index (χ0) is 25.4. The fraction of sp³-hybridized carbons (Fsp3) is 0.138. The van der Waals surface area contributed by atoms with Crippen molar-refractivity contribution in [3.8, 4) is 22.8 Å². The molecule has 1 aliphatic rings. The third-order valence-corrected chi connectivity index (χ3v) is 7.64. The molecule has 2 aromatic heterocycles. The summed E-state index contributed by atoms with van der Waals surface area (Å²) in [4.78, 5) is 11.2. The van der Waals surface area contributed by atoms with Gasteiger partial charge in [0.2, 0.25) is 5.95 Å². The maximum Gasteiger partial charge on any atom is 0.247 e. The molecule has 5 aromatic rings. The molecule has 0 saturated carbocycles. The van der Waals surface area contributed by atoms with E-state index < -0.39 is 0 Å². The molecule has 0 amide bonds. The van der Waals surface area contributed by atoms with Gasteiger partial charge in [-0.25, -0.2) is 15.0 Å². The molecule has 0 N–H and O–H groups in total. The highest BCUT2D eigenvalue weighted by Crippen LogP contribution is 2.40. The van der Waals surface area contributed by atoms with Gasteiger partial charge in [-0.05, 0) is 41.8 Å². The number of ether oxygens (including phenoxy) is 2. The molecular weight excluding hydrogens is 504 g/mol. The number of rotatable bonds is 6. The fourth-order valence-electron chi connectivity index (χ4n) is 4.59. The van der Waals surface area contributed by atoms with E-state index in [1.165, 1.54) is 4.88 Å². The minimum atomic E-state index is -0.0407. The molecule has 184 valence electrons. The van der Waals surface area contributed by atoms with Gasteiger partial charge in [0.15, 0.2) is 0 Å². The molecule has 6 rings (SSSR count). The Hall–Kier alpha value is -3.94. The maximum atomic E-state index is 6.17. The Morgan fingerprint density at radius 1 is 0.919 bits per heavy atom. The van der Waals surface area contributed by atoms with Crippen molar-refractivity contribution in [2.75, 3.05) is 19.2 Å². The van der Waals surface area contributed by atoms with Crippen molar-refractivity contribution in [2.45, 2.75) is 12.5 Å². The number of para-hydroxylation sites is 1. The van der Waals surface area contributed by atoms with E-state index in [2.05, 4.69) is 17.5 Å². The van der Waals surface area contributed by atoms with Crippen molar-refractivity contribution in [1.29, 1.82) is 0 Å². The number of thiophene rings is 1. The number of nitrogens with zero attached hydrogens (tertiary/aromatic N) is 4. The van der Waals surface area contributed by atoms with Crippen LogP contribution in [0.4, 0.5) is 5.95 Å². The number of benzene rings is 3. The number of hydrogen-bond donors (Lipinski definition) is 0. The molecular formula is C29H23ClN4O2S. The summed E-state index contributed by atoms with van der Waals surface area (Å²) in [5, 5.41) is 10.8. The number of fused-ring (bicyclic) bond motifs is 1. The Bertz CT molecular complexity index is 1600. The van der Waals surface area contributed by atoms with Crippen LogP contribution >= 0.6 is 22.9 Å². The van der Waals surface area contributed by atoms with E-state index in [1.807, 2.05) is 71.7 Å². The van der Waals surface area contributed by atoms with E-state index in [-0.39, 0.29) is 6.04 Å². The van der Waals surface area contributed by atoms with E-state index in [4.69, 9.17) is 36.1 Å². The van der Waals surface area contributed by atoms with Crippen LogP contribution in [0.3, 0.4) is 0 Å². The molecule has 6 nitrogen and oxygen atoms in total. The lowest BCUT2D eigenvalue weighted by atomic mass is 10.0. The first-order valence-electron chi connectivity index (χ1n) is 11.8. The number of aromatic nitrogens is 2. The number of hydrogen-bond acceptors (Lipinski definition) is 7. The summed E-state index contributed by atoms with van der Waals surface area (Å²) in [6, 6.07) is 25.7. The molecule has 0 radical (unpaired) electrons. The molecule has 3 aromatic carbocycles. The molecule has 0 spiro atoms. The quantitative estimate of drug-likeness (QED) is 0.231. The second-order valence-electron chi connectivity index (χ2n) is 8.59. The van der Waals surface area contributed by atoms with Gasteiger partial charge in [-0.1, -0.05) is 48.0 Å². The highest BCUT2D eigenvalue weighted by atomic mass is 35.5. The van der Waals surface area contributed by atoms with Gasteiger partial charge in [-0.2, -0.15) is 5.10 Å². The Morgan fingerprint density at radius 2 is 1.76 bits per heavy atom. The standard InChI is InChI=1S/C29H23ClN4O2S/c1-35-20-13-14-21(26(16-20)36-2)24-17-25(27-8-5-15-37-27)34(33-24)29-31-23-7-4-3-6-22(23)28(32-29)18-9-11-19(30)12-10-18/h3-16,25H,17H2,1-2H3. The smallest absolute Gasteiger partial charge is 0.247 e. The Labute approximate surface area is 223 Å². The van der Waals surface area contributed by atoms with Crippen molar-refractivity contribution in [3.05, 3.63) is 99.7 Å². The largest absolute Gasteiger partial charge is 0.497 e. The van der Waals surface area contributed by atoms with E-state index in [0.29, 0.717) is 23.1 Å². The highest BCUT2D eigenvalue weighted by molar-refractivity contribution is 7.10. The van der Waals surface area contributed by atoms with Crippen molar-refractivity contribution in [1.82, 2.24) is 9.97 Å². The zero-order valence-electron chi connectivity index (χ0n) is 20.3. The van der Waals surface area contributed by atoms with Crippen molar-refractivity contribution >= 4 is 45.5 Å². The van der Waals surface area contributed by atoms with Crippen LogP contribution in [-0.4, -0.2) is 29.9 Å². The van der Waals surface area contributed by atoms with Crippen LogP contribution < -0.4 is 14.5 Å². The topological polar surface area (TPSA) is 59.8 Å². The van der Waals surface area contributed by atoms with Gasteiger partial charge in [0, 0.05) is 38.9 Å². The second-order valence-corrected chi connectivity index (χ2v) is 10.0. The summed E-state index contributed by atoms with van der Waals surface area (Å²) < 4.78 is 11.1.